The molecule has 1 aromatic heterocycles. The van der Waals surface area contributed by atoms with Crippen LogP contribution in [0.25, 0.3) is 0 Å². The minimum Gasteiger partial charge on any atom is -0.396 e. The molecule has 0 bridgehead atoms. The number of rotatable bonds is 3. The third-order valence-corrected chi connectivity index (χ3v) is 5.32. The van der Waals surface area contributed by atoms with E-state index in [0.29, 0.717) is 13.1 Å². The number of nitrogen functional groups attached to an aromatic ring is 1. The number of hydrogen-bond acceptors (Lipinski definition) is 5. The van der Waals surface area contributed by atoms with E-state index in [1.54, 1.807) is 12.1 Å². The van der Waals surface area contributed by atoms with E-state index in [0.717, 1.165) is 12.8 Å². The van der Waals surface area contributed by atoms with E-state index in [-0.39, 0.29) is 16.8 Å². The number of pyridine rings is 1. The van der Waals surface area contributed by atoms with Crippen LogP contribution in [0.1, 0.15) is 12.8 Å². The molecule has 0 aliphatic carbocycles. The lowest BCUT2D eigenvalue weighted by molar-refractivity contribution is 0.190. The molecular weight excluding hydrogens is 264 g/mol. The summed E-state index contributed by atoms with van der Waals surface area (Å²) in [6.45, 7) is 1.02. The van der Waals surface area contributed by atoms with E-state index in [4.69, 9.17) is 5.73 Å². The summed E-state index contributed by atoms with van der Waals surface area (Å²) in [6, 6.07) is 3.44. The third-order valence-electron chi connectivity index (χ3n) is 3.47. The first-order valence-electron chi connectivity index (χ1n) is 6.30. The molecule has 106 valence electrons. The van der Waals surface area contributed by atoms with Gasteiger partial charge in [0.2, 0.25) is 0 Å². The zero-order valence-electron chi connectivity index (χ0n) is 11.3. The van der Waals surface area contributed by atoms with E-state index in [9.17, 15) is 8.42 Å². The molecule has 2 N–H and O–H groups in total. The van der Waals surface area contributed by atoms with Crippen LogP contribution in [-0.4, -0.2) is 55.8 Å². The smallest absolute Gasteiger partial charge is 0.262 e. The zero-order valence-corrected chi connectivity index (χ0v) is 12.1. The van der Waals surface area contributed by atoms with Gasteiger partial charge in [-0.05, 0) is 39.1 Å². The Morgan fingerprint density at radius 2 is 2.21 bits per heavy atom. The quantitative estimate of drug-likeness (QED) is 0.868. The summed E-state index contributed by atoms with van der Waals surface area (Å²) < 4.78 is 26.6. The predicted octanol–water partition coefficient (Wildman–Crippen LogP) is 0.378. The number of sulfonamides is 1. The first kappa shape index (κ1) is 14.2. The summed E-state index contributed by atoms with van der Waals surface area (Å²) >= 11 is 0. The normalized spacial score (nSPS) is 21.7. The van der Waals surface area contributed by atoms with Crippen molar-refractivity contribution in [3.05, 3.63) is 18.3 Å². The number of nitrogens with zero attached hydrogens (tertiary/aromatic N) is 3. The Morgan fingerprint density at radius 3 is 2.84 bits per heavy atom. The molecule has 1 unspecified atom stereocenters. The standard InChI is InChI=1S/C12H20N4O2S/c1-15(2)10-5-4-8-16(9-10)19(17,18)12-11(13)6-3-7-14-12/h3,6-7,10H,4-5,8-9,13H2,1-2H3. The van der Waals surface area contributed by atoms with Crippen LogP contribution in [0.15, 0.2) is 23.4 Å². The first-order valence-corrected chi connectivity index (χ1v) is 7.74. The molecule has 19 heavy (non-hydrogen) atoms. The highest BCUT2D eigenvalue weighted by Gasteiger charge is 2.32. The zero-order chi connectivity index (χ0) is 14.0. The molecule has 1 fully saturated rings. The Bertz CT molecular complexity index is 544. The molecule has 6 nitrogen and oxygen atoms in total. The molecule has 7 heteroatoms. The van der Waals surface area contributed by atoms with E-state index < -0.39 is 10.0 Å². The van der Waals surface area contributed by atoms with E-state index in [1.807, 2.05) is 14.1 Å². The van der Waals surface area contributed by atoms with Crippen molar-refractivity contribution in [3.8, 4) is 0 Å². The van der Waals surface area contributed by atoms with Crippen molar-refractivity contribution in [2.75, 3.05) is 32.9 Å². The number of hydrogen-bond donors (Lipinski definition) is 1. The fourth-order valence-electron chi connectivity index (χ4n) is 2.30. The molecule has 0 saturated carbocycles. The number of anilines is 1. The van der Waals surface area contributed by atoms with Gasteiger partial charge in [0, 0.05) is 25.3 Å². The van der Waals surface area contributed by atoms with Gasteiger partial charge in [-0.1, -0.05) is 0 Å². The van der Waals surface area contributed by atoms with Gasteiger partial charge in [-0.25, -0.2) is 13.4 Å². The van der Waals surface area contributed by atoms with Crippen molar-refractivity contribution in [2.24, 2.45) is 0 Å². The van der Waals surface area contributed by atoms with Crippen molar-refractivity contribution in [2.45, 2.75) is 23.9 Å². The molecule has 0 spiro atoms. The van der Waals surface area contributed by atoms with Crippen molar-refractivity contribution < 1.29 is 8.42 Å². The van der Waals surface area contributed by atoms with E-state index >= 15 is 0 Å². The summed E-state index contributed by atoms with van der Waals surface area (Å²) in [4.78, 5) is 5.99. The average molecular weight is 284 g/mol. The van der Waals surface area contributed by atoms with Crippen LogP contribution in [0.3, 0.4) is 0 Å². The number of aromatic nitrogens is 1. The summed E-state index contributed by atoms with van der Waals surface area (Å²) in [6.07, 6.45) is 3.32. The maximum absolute atomic E-state index is 12.5. The first-order chi connectivity index (χ1) is 8.93. The Labute approximate surface area is 114 Å². The molecule has 0 aromatic carbocycles. The van der Waals surface area contributed by atoms with E-state index in [2.05, 4.69) is 9.88 Å². The molecule has 1 saturated heterocycles. The summed E-state index contributed by atoms with van der Waals surface area (Å²) in [5.74, 6) is 0. The number of nitrogens with two attached hydrogens (primary N) is 1. The molecule has 0 radical (unpaired) electrons. The predicted molar refractivity (Wildman–Crippen MR) is 74.1 cm³/mol. The van der Waals surface area contributed by atoms with Crippen molar-refractivity contribution in [3.63, 3.8) is 0 Å². The molecule has 0 amide bonds. The fraction of sp³-hybridized carbons (Fsp3) is 0.583. The van der Waals surface area contributed by atoms with Gasteiger partial charge in [-0.2, -0.15) is 4.31 Å². The van der Waals surface area contributed by atoms with Crippen LogP contribution >= 0.6 is 0 Å². The molecular formula is C12H20N4O2S. The molecule has 1 aliphatic rings. The molecule has 2 heterocycles. The van der Waals surface area contributed by atoms with Crippen LogP contribution in [0.2, 0.25) is 0 Å². The highest BCUT2D eigenvalue weighted by Crippen LogP contribution is 2.24. The fourth-order valence-corrected chi connectivity index (χ4v) is 3.84. The second-order valence-electron chi connectivity index (χ2n) is 5.02. The lowest BCUT2D eigenvalue weighted by Crippen LogP contribution is -2.47. The minimum atomic E-state index is -3.59. The van der Waals surface area contributed by atoms with Gasteiger partial charge >= 0.3 is 0 Å². The molecule has 1 atom stereocenters. The van der Waals surface area contributed by atoms with Gasteiger partial charge in [-0.15, -0.1) is 0 Å². The van der Waals surface area contributed by atoms with Crippen LogP contribution in [-0.2, 0) is 10.0 Å². The summed E-state index contributed by atoms with van der Waals surface area (Å²) in [7, 11) is 0.348. The lowest BCUT2D eigenvalue weighted by atomic mass is 10.1. The Hall–Kier alpha value is -1.18. The van der Waals surface area contributed by atoms with Crippen LogP contribution < -0.4 is 5.73 Å². The van der Waals surface area contributed by atoms with Gasteiger partial charge in [0.25, 0.3) is 10.0 Å². The maximum atomic E-state index is 12.5. The van der Waals surface area contributed by atoms with Gasteiger partial charge in [0.15, 0.2) is 5.03 Å². The molecule has 2 rings (SSSR count). The van der Waals surface area contributed by atoms with Gasteiger partial charge in [0.1, 0.15) is 0 Å². The lowest BCUT2D eigenvalue weighted by Gasteiger charge is -2.35. The molecule has 1 aliphatic heterocycles. The Kier molecular flexibility index (Phi) is 4.07. The van der Waals surface area contributed by atoms with E-state index in [1.165, 1.54) is 10.5 Å². The van der Waals surface area contributed by atoms with Crippen molar-refractivity contribution in [1.82, 2.24) is 14.2 Å². The van der Waals surface area contributed by atoms with Gasteiger partial charge < -0.3 is 10.6 Å². The molecule has 1 aromatic rings. The van der Waals surface area contributed by atoms with Gasteiger partial charge in [-0.3, -0.25) is 0 Å². The maximum Gasteiger partial charge on any atom is 0.262 e. The third kappa shape index (κ3) is 2.88. The van der Waals surface area contributed by atoms with Crippen molar-refractivity contribution >= 4 is 15.7 Å². The monoisotopic (exact) mass is 284 g/mol. The van der Waals surface area contributed by atoms with Crippen LogP contribution in [0.5, 0.6) is 0 Å². The van der Waals surface area contributed by atoms with Crippen molar-refractivity contribution in [1.29, 1.82) is 0 Å². The second kappa shape index (κ2) is 5.44. The van der Waals surface area contributed by atoms with Crippen LogP contribution in [0.4, 0.5) is 5.69 Å². The summed E-state index contributed by atoms with van der Waals surface area (Å²) in [5.41, 5.74) is 5.93. The average Bonchev–Trinajstić information content (AvgIpc) is 2.39. The van der Waals surface area contributed by atoms with Gasteiger partial charge in [0.05, 0.1) is 5.69 Å². The highest BCUT2D eigenvalue weighted by molar-refractivity contribution is 7.89. The number of piperidine rings is 1. The highest BCUT2D eigenvalue weighted by atomic mass is 32.2. The largest absolute Gasteiger partial charge is 0.396 e. The van der Waals surface area contributed by atoms with Crippen LogP contribution in [0, 0.1) is 0 Å². The Balaban J connectivity index is 2.28. The SMILES string of the molecule is CN(C)C1CCCN(S(=O)(=O)c2ncccc2N)C1. The second-order valence-corrected chi connectivity index (χ2v) is 6.87. The minimum absolute atomic E-state index is 0.0330. The number of likely N-dealkylation sites (N-methyl/N-ethyl adjacent to an activating group) is 1. The summed E-state index contributed by atoms with van der Waals surface area (Å²) in [5, 5.41) is -0.0330. The Morgan fingerprint density at radius 1 is 1.47 bits per heavy atom. The topological polar surface area (TPSA) is 79.5 Å².